The smallest absolute Gasteiger partial charge is 0.163 e. The fourth-order valence-corrected chi connectivity index (χ4v) is 4.37. The van der Waals surface area contributed by atoms with Gasteiger partial charge in [-0.05, 0) is 75.9 Å². The first-order valence-corrected chi connectivity index (χ1v) is 10.2. The number of aryl methyl sites for hydroxylation is 4. The fraction of sp³-hybridized carbons (Fsp3) is 0.250. The zero-order chi connectivity index (χ0) is 20.8. The quantitative estimate of drug-likeness (QED) is 0.630. The molecule has 0 spiro atoms. The van der Waals surface area contributed by atoms with Crippen molar-refractivity contribution < 1.29 is 9.59 Å². The summed E-state index contributed by atoms with van der Waals surface area (Å²) in [5.74, 6) is -0.0843. The molecule has 0 aliphatic carbocycles. The highest BCUT2D eigenvalue weighted by Gasteiger charge is 2.20. The number of aromatic nitrogens is 4. The highest BCUT2D eigenvalue weighted by atomic mass is 16.1. The second-order valence-electron chi connectivity index (χ2n) is 7.91. The molecule has 8 bridgehead atoms. The van der Waals surface area contributed by atoms with E-state index in [0.29, 0.717) is 24.0 Å². The Balaban J connectivity index is 1.94. The number of hydrogen-bond donors (Lipinski definition) is 2. The summed E-state index contributed by atoms with van der Waals surface area (Å²) in [4.78, 5) is 41.2. The van der Waals surface area contributed by atoms with E-state index < -0.39 is 0 Å². The number of H-pyrrole nitrogens is 2. The molecule has 2 aliphatic rings. The van der Waals surface area contributed by atoms with Gasteiger partial charge in [0.1, 0.15) is 0 Å². The number of fused-ring (bicyclic) bond motifs is 8. The number of Topliss-reactive ketones (excluding diaryl/α,β-unsaturated/α-hetero) is 2. The van der Waals surface area contributed by atoms with Gasteiger partial charge in [0.15, 0.2) is 11.6 Å². The first-order valence-electron chi connectivity index (χ1n) is 10.2. The van der Waals surface area contributed by atoms with E-state index in [1.165, 1.54) is 0 Å². The van der Waals surface area contributed by atoms with E-state index in [0.717, 1.165) is 57.7 Å². The van der Waals surface area contributed by atoms with Gasteiger partial charge in [0.05, 0.1) is 33.5 Å². The summed E-state index contributed by atoms with van der Waals surface area (Å²) in [6.07, 6.45) is 2.99. The van der Waals surface area contributed by atoms with Gasteiger partial charge in [-0.25, -0.2) is 0 Å². The summed E-state index contributed by atoms with van der Waals surface area (Å²) >= 11 is 0. The molecule has 0 unspecified atom stereocenters. The SMILES string of the molecule is CC(=O)c1c2nc(c(C(C)=O)c3ccc(cc4nc(cc5ccc1[nH]5)CC4)[nH]3)CC2. The molecule has 5 rings (SSSR count). The van der Waals surface area contributed by atoms with Crippen LogP contribution in [0.25, 0.3) is 22.1 Å². The molecule has 2 aliphatic heterocycles. The number of carbonyl (C=O) groups excluding carboxylic acids is 2. The Bertz CT molecular complexity index is 1260. The molecule has 6 heteroatoms. The van der Waals surface area contributed by atoms with Crippen molar-refractivity contribution in [1.82, 2.24) is 19.9 Å². The van der Waals surface area contributed by atoms with E-state index in [-0.39, 0.29) is 11.6 Å². The van der Waals surface area contributed by atoms with Gasteiger partial charge in [0.25, 0.3) is 0 Å². The number of rotatable bonds is 2. The molecule has 0 fully saturated rings. The van der Waals surface area contributed by atoms with Crippen LogP contribution in [0.4, 0.5) is 0 Å². The van der Waals surface area contributed by atoms with Crippen molar-refractivity contribution in [3.05, 3.63) is 70.3 Å². The molecule has 150 valence electrons. The van der Waals surface area contributed by atoms with E-state index >= 15 is 0 Å². The lowest BCUT2D eigenvalue weighted by molar-refractivity contribution is 0.101. The van der Waals surface area contributed by atoms with E-state index in [1.54, 1.807) is 13.8 Å². The number of nitrogens with one attached hydrogen (secondary N) is 2. The predicted molar refractivity (Wildman–Crippen MR) is 116 cm³/mol. The van der Waals surface area contributed by atoms with Crippen molar-refractivity contribution in [3.8, 4) is 0 Å². The summed E-state index contributed by atoms with van der Waals surface area (Å²) < 4.78 is 0. The standard InChI is InChI=1S/C24H22N4O2/c1-13(29)23-19-7-5-17(26-19)11-15-3-4-16(25-15)12-18-6-8-20(27-18)24(14(2)30)22-10-9-21(23)28-22/h5-8,11-12,26-27H,3-4,9-10H2,1-2H3. The third kappa shape index (κ3) is 3.24. The van der Waals surface area contributed by atoms with Crippen LogP contribution in [-0.4, -0.2) is 31.5 Å². The fourth-order valence-electron chi connectivity index (χ4n) is 4.37. The highest BCUT2D eigenvalue weighted by Crippen LogP contribution is 2.24. The molecule has 3 aromatic rings. The predicted octanol–water partition coefficient (Wildman–Crippen LogP) is 4.29. The molecular weight excluding hydrogens is 376 g/mol. The molecule has 0 atom stereocenters. The van der Waals surface area contributed by atoms with Gasteiger partial charge in [-0.15, -0.1) is 0 Å². The van der Waals surface area contributed by atoms with Crippen LogP contribution in [0.5, 0.6) is 0 Å². The Morgan fingerprint density at radius 1 is 0.700 bits per heavy atom. The third-order valence-electron chi connectivity index (χ3n) is 5.67. The summed E-state index contributed by atoms with van der Waals surface area (Å²) in [6.45, 7) is 3.12. The van der Waals surface area contributed by atoms with Gasteiger partial charge in [0.2, 0.25) is 0 Å². The summed E-state index contributed by atoms with van der Waals surface area (Å²) in [7, 11) is 0. The van der Waals surface area contributed by atoms with Crippen LogP contribution in [0, 0.1) is 0 Å². The lowest BCUT2D eigenvalue weighted by Gasteiger charge is -1.98. The van der Waals surface area contributed by atoms with Crippen LogP contribution in [0.2, 0.25) is 0 Å². The van der Waals surface area contributed by atoms with Crippen LogP contribution in [0.1, 0.15) is 57.3 Å². The first kappa shape index (κ1) is 18.5. The lowest BCUT2D eigenvalue weighted by Crippen LogP contribution is -1.99. The maximum Gasteiger partial charge on any atom is 0.163 e. The van der Waals surface area contributed by atoms with Crippen molar-refractivity contribution in [2.75, 3.05) is 0 Å². The lowest BCUT2D eigenvalue weighted by atomic mass is 10.1. The van der Waals surface area contributed by atoms with Crippen molar-refractivity contribution in [2.24, 2.45) is 0 Å². The van der Waals surface area contributed by atoms with Crippen molar-refractivity contribution >= 4 is 33.6 Å². The van der Waals surface area contributed by atoms with Gasteiger partial charge in [-0.2, -0.15) is 0 Å². The molecule has 30 heavy (non-hydrogen) atoms. The van der Waals surface area contributed by atoms with E-state index in [1.807, 2.05) is 36.4 Å². The summed E-state index contributed by atoms with van der Waals surface area (Å²) in [5.41, 5.74) is 7.96. The van der Waals surface area contributed by atoms with Gasteiger partial charge >= 0.3 is 0 Å². The highest BCUT2D eigenvalue weighted by molar-refractivity contribution is 6.03. The average molecular weight is 398 g/mol. The molecule has 0 radical (unpaired) electrons. The second-order valence-corrected chi connectivity index (χ2v) is 7.91. The average Bonchev–Trinajstić information content (AvgIpc) is 3.46. The summed E-state index contributed by atoms with van der Waals surface area (Å²) in [5, 5.41) is 0. The summed E-state index contributed by atoms with van der Waals surface area (Å²) in [6, 6.07) is 11.8. The molecule has 6 nitrogen and oxygen atoms in total. The van der Waals surface area contributed by atoms with Crippen LogP contribution in [0.3, 0.4) is 0 Å². The molecule has 2 N–H and O–H groups in total. The number of nitrogens with zero attached hydrogens (tertiary/aromatic N) is 2. The maximum absolute atomic E-state index is 12.5. The molecule has 0 amide bonds. The van der Waals surface area contributed by atoms with Gasteiger partial charge < -0.3 is 9.97 Å². The monoisotopic (exact) mass is 398 g/mol. The van der Waals surface area contributed by atoms with Gasteiger partial charge in [-0.1, -0.05) is 0 Å². The molecule has 0 saturated heterocycles. The van der Waals surface area contributed by atoms with Crippen LogP contribution >= 0.6 is 0 Å². The minimum absolute atomic E-state index is 0.0422. The Morgan fingerprint density at radius 3 is 1.60 bits per heavy atom. The first-order chi connectivity index (χ1) is 14.5. The Morgan fingerprint density at radius 2 is 1.17 bits per heavy atom. The van der Waals surface area contributed by atoms with E-state index in [4.69, 9.17) is 9.97 Å². The van der Waals surface area contributed by atoms with Crippen molar-refractivity contribution in [2.45, 2.75) is 39.5 Å². The van der Waals surface area contributed by atoms with Gasteiger partial charge in [-0.3, -0.25) is 19.6 Å². The van der Waals surface area contributed by atoms with Crippen molar-refractivity contribution in [3.63, 3.8) is 0 Å². The van der Waals surface area contributed by atoms with Crippen LogP contribution in [-0.2, 0) is 25.7 Å². The third-order valence-corrected chi connectivity index (χ3v) is 5.67. The Kier molecular flexibility index (Phi) is 4.35. The Hall–Kier alpha value is -3.54. The Labute approximate surface area is 173 Å². The van der Waals surface area contributed by atoms with Gasteiger partial charge in [0, 0.05) is 22.4 Å². The number of hydrogen-bond acceptors (Lipinski definition) is 4. The zero-order valence-corrected chi connectivity index (χ0v) is 17.0. The molecule has 3 aromatic heterocycles. The maximum atomic E-state index is 12.5. The van der Waals surface area contributed by atoms with E-state index in [2.05, 4.69) is 9.97 Å². The number of ketones is 2. The molecular formula is C24H22N4O2. The topological polar surface area (TPSA) is 91.5 Å². The number of aromatic amines is 2. The largest absolute Gasteiger partial charge is 0.355 e. The van der Waals surface area contributed by atoms with Crippen LogP contribution in [0.15, 0.2) is 36.4 Å². The normalized spacial score (nSPS) is 13.4. The van der Waals surface area contributed by atoms with Crippen LogP contribution < -0.4 is 0 Å². The molecule has 5 heterocycles. The molecule has 0 aromatic carbocycles. The minimum atomic E-state index is -0.0422. The zero-order valence-electron chi connectivity index (χ0n) is 17.0. The van der Waals surface area contributed by atoms with E-state index in [9.17, 15) is 9.59 Å². The molecule has 0 saturated carbocycles. The second kappa shape index (κ2) is 7.06. The minimum Gasteiger partial charge on any atom is -0.355 e. The number of carbonyl (C=O) groups is 2. The van der Waals surface area contributed by atoms with Crippen molar-refractivity contribution in [1.29, 1.82) is 0 Å².